The third-order valence-corrected chi connectivity index (χ3v) is 7.30. The lowest BCUT2D eigenvalue weighted by atomic mass is 9.66. The lowest BCUT2D eigenvalue weighted by Gasteiger charge is -2.47. The fraction of sp³-hybridized carbons (Fsp3) is 0.667. The van der Waals surface area contributed by atoms with Crippen LogP contribution in [-0.4, -0.2) is 12.7 Å². The molecule has 2 heteroatoms. The molecular weight excluding hydrogens is 320 g/mol. The van der Waals surface area contributed by atoms with Crippen LogP contribution in [-0.2, 0) is 5.41 Å². The number of methoxy groups -OCH3 is 1. The van der Waals surface area contributed by atoms with E-state index in [0.29, 0.717) is 17.8 Å². The molecule has 1 aliphatic heterocycles. The molecule has 1 aliphatic carbocycles. The molecule has 144 valence electrons. The molecule has 0 N–H and O–H groups in total. The molecule has 2 aliphatic rings. The minimum absolute atomic E-state index is 0.0871. The predicted molar refractivity (Wildman–Crippen MR) is 109 cm³/mol. The molecule has 0 saturated heterocycles. The average molecular weight is 357 g/mol. The second-order valence-corrected chi connectivity index (χ2v) is 9.53. The summed E-state index contributed by atoms with van der Waals surface area (Å²) in [6, 6.07) is 4.58. The largest absolute Gasteiger partial charge is 0.496 e. The van der Waals surface area contributed by atoms with Crippen molar-refractivity contribution in [2.45, 2.75) is 84.7 Å². The van der Waals surface area contributed by atoms with Crippen molar-refractivity contribution in [2.75, 3.05) is 7.11 Å². The maximum Gasteiger partial charge on any atom is 0.127 e. The van der Waals surface area contributed by atoms with Crippen LogP contribution in [0.25, 0.3) is 0 Å². The highest BCUT2D eigenvalue weighted by atomic mass is 16.5. The molecule has 0 spiro atoms. The van der Waals surface area contributed by atoms with Crippen LogP contribution in [0.15, 0.2) is 23.8 Å². The molecule has 26 heavy (non-hydrogen) atoms. The first kappa shape index (κ1) is 19.3. The van der Waals surface area contributed by atoms with Gasteiger partial charge in [-0.25, -0.2) is 0 Å². The van der Waals surface area contributed by atoms with Crippen LogP contribution in [0.4, 0.5) is 0 Å². The van der Waals surface area contributed by atoms with Gasteiger partial charge >= 0.3 is 0 Å². The van der Waals surface area contributed by atoms with Gasteiger partial charge in [0.25, 0.3) is 0 Å². The third kappa shape index (κ3) is 3.06. The van der Waals surface area contributed by atoms with Crippen molar-refractivity contribution in [1.29, 1.82) is 0 Å². The first-order valence-corrected chi connectivity index (χ1v) is 10.2. The summed E-state index contributed by atoms with van der Waals surface area (Å²) in [5.41, 5.74) is 4.02. The number of allylic oxidation sites excluding steroid dienone is 2. The van der Waals surface area contributed by atoms with Gasteiger partial charge in [-0.3, -0.25) is 0 Å². The topological polar surface area (TPSA) is 18.5 Å². The van der Waals surface area contributed by atoms with Gasteiger partial charge in [-0.2, -0.15) is 0 Å². The Morgan fingerprint density at radius 3 is 2.62 bits per heavy atom. The molecule has 1 aromatic carbocycles. The van der Waals surface area contributed by atoms with Crippen molar-refractivity contribution >= 4 is 0 Å². The van der Waals surface area contributed by atoms with Crippen LogP contribution in [0.3, 0.4) is 0 Å². The fourth-order valence-corrected chi connectivity index (χ4v) is 4.88. The summed E-state index contributed by atoms with van der Waals surface area (Å²) in [4.78, 5) is 0. The van der Waals surface area contributed by atoms with Crippen molar-refractivity contribution in [3.63, 3.8) is 0 Å². The summed E-state index contributed by atoms with van der Waals surface area (Å²) in [5, 5.41) is 0. The minimum atomic E-state index is -0.154. The predicted octanol–water partition coefficient (Wildman–Crippen LogP) is 6.63. The summed E-state index contributed by atoms with van der Waals surface area (Å²) < 4.78 is 12.5. The highest BCUT2D eigenvalue weighted by Crippen LogP contribution is 2.55. The second-order valence-electron chi connectivity index (χ2n) is 9.53. The van der Waals surface area contributed by atoms with E-state index in [1.54, 1.807) is 7.11 Å². The number of rotatable bonds is 4. The van der Waals surface area contributed by atoms with Crippen molar-refractivity contribution in [1.82, 2.24) is 0 Å². The van der Waals surface area contributed by atoms with Gasteiger partial charge in [0.05, 0.1) is 7.11 Å². The lowest BCUT2D eigenvalue weighted by Crippen LogP contribution is -2.45. The van der Waals surface area contributed by atoms with E-state index in [1.807, 2.05) is 0 Å². The van der Waals surface area contributed by atoms with Crippen LogP contribution in [0.2, 0.25) is 0 Å². The zero-order chi connectivity index (χ0) is 19.3. The van der Waals surface area contributed by atoms with Gasteiger partial charge < -0.3 is 9.47 Å². The van der Waals surface area contributed by atoms with Gasteiger partial charge in [0.15, 0.2) is 0 Å². The van der Waals surface area contributed by atoms with E-state index in [9.17, 15) is 0 Å². The van der Waals surface area contributed by atoms with E-state index in [-0.39, 0.29) is 11.0 Å². The number of benzene rings is 1. The van der Waals surface area contributed by atoms with Crippen LogP contribution >= 0.6 is 0 Å². The summed E-state index contributed by atoms with van der Waals surface area (Å²) in [7, 11) is 1.80. The molecular formula is C24H36O2. The molecule has 0 bridgehead atoms. The molecule has 0 fully saturated rings. The normalized spacial score (nSPS) is 25.5. The molecule has 0 aromatic heterocycles. The molecule has 3 atom stereocenters. The quantitative estimate of drug-likeness (QED) is 0.564. The third-order valence-electron chi connectivity index (χ3n) is 7.30. The van der Waals surface area contributed by atoms with Crippen LogP contribution in [0.1, 0.15) is 84.8 Å². The number of hydrogen-bond donors (Lipinski definition) is 0. The van der Waals surface area contributed by atoms with Crippen LogP contribution in [0.5, 0.6) is 11.5 Å². The zero-order valence-corrected chi connectivity index (χ0v) is 17.9. The van der Waals surface area contributed by atoms with Gasteiger partial charge in [0.2, 0.25) is 0 Å². The Hall–Kier alpha value is -1.44. The molecule has 0 amide bonds. The van der Waals surface area contributed by atoms with E-state index in [2.05, 4.69) is 66.7 Å². The molecule has 0 saturated carbocycles. The Balaban J connectivity index is 2.16. The summed E-state index contributed by atoms with van der Waals surface area (Å²) in [6.07, 6.45) is 5.75. The summed E-state index contributed by atoms with van der Waals surface area (Å²) in [6.45, 7) is 16.0. The Bertz CT molecular complexity index is 711. The van der Waals surface area contributed by atoms with Crippen molar-refractivity contribution in [3.8, 4) is 11.5 Å². The van der Waals surface area contributed by atoms with Crippen molar-refractivity contribution in [3.05, 3.63) is 34.9 Å². The molecule has 2 nitrogen and oxygen atoms in total. The Morgan fingerprint density at radius 1 is 1.31 bits per heavy atom. The second kappa shape index (κ2) is 6.62. The molecule has 0 unspecified atom stereocenters. The minimum Gasteiger partial charge on any atom is -0.496 e. The Morgan fingerprint density at radius 2 is 2.00 bits per heavy atom. The van der Waals surface area contributed by atoms with Crippen molar-refractivity contribution < 1.29 is 9.47 Å². The van der Waals surface area contributed by atoms with Gasteiger partial charge in [-0.05, 0) is 62.6 Å². The highest BCUT2D eigenvalue weighted by Gasteiger charge is 2.46. The number of hydrogen-bond acceptors (Lipinski definition) is 2. The monoisotopic (exact) mass is 356 g/mol. The van der Waals surface area contributed by atoms with E-state index in [4.69, 9.17) is 9.47 Å². The van der Waals surface area contributed by atoms with Crippen LogP contribution < -0.4 is 9.47 Å². The van der Waals surface area contributed by atoms with Crippen LogP contribution in [0, 0.1) is 11.8 Å². The zero-order valence-electron chi connectivity index (χ0n) is 17.9. The van der Waals surface area contributed by atoms with Crippen molar-refractivity contribution in [2.24, 2.45) is 11.8 Å². The van der Waals surface area contributed by atoms with E-state index < -0.39 is 0 Å². The molecule has 1 aromatic rings. The lowest BCUT2D eigenvalue weighted by molar-refractivity contribution is 0.00733. The van der Waals surface area contributed by atoms with E-state index in [0.717, 1.165) is 30.8 Å². The standard InChI is InChI=1S/C24H36O2/c1-9-16(3)23(4,5)17-13-20(25-8)22-18-12-15(2)10-11-19(18)24(6,7)26-21(22)14-17/h10,13-14,16,18-19H,9,11-12H2,1-8H3/t16-,18-,19-/m1/s1. The van der Waals surface area contributed by atoms with Gasteiger partial charge in [-0.1, -0.05) is 45.8 Å². The van der Waals surface area contributed by atoms with E-state index in [1.165, 1.54) is 16.7 Å². The Labute approximate surface area is 160 Å². The summed E-state index contributed by atoms with van der Waals surface area (Å²) in [5.74, 6) is 3.62. The first-order chi connectivity index (χ1) is 12.1. The smallest absolute Gasteiger partial charge is 0.127 e. The molecule has 0 radical (unpaired) electrons. The maximum atomic E-state index is 6.61. The fourth-order valence-electron chi connectivity index (χ4n) is 4.88. The highest BCUT2D eigenvalue weighted by molar-refractivity contribution is 5.54. The maximum absolute atomic E-state index is 6.61. The number of ether oxygens (including phenoxy) is 2. The Kier molecular flexibility index (Phi) is 4.92. The first-order valence-electron chi connectivity index (χ1n) is 10.2. The SMILES string of the molecule is CC[C@@H](C)C(C)(C)c1cc(OC)c2c(c1)OC(C)(C)[C@@H]1CC=C(C)C[C@@H]21. The van der Waals surface area contributed by atoms with Gasteiger partial charge in [-0.15, -0.1) is 0 Å². The molecule has 3 rings (SSSR count). The number of fused-ring (bicyclic) bond motifs is 3. The van der Waals surface area contributed by atoms with Gasteiger partial charge in [0.1, 0.15) is 17.1 Å². The van der Waals surface area contributed by atoms with Gasteiger partial charge in [0, 0.05) is 17.4 Å². The average Bonchev–Trinajstić information content (AvgIpc) is 2.58. The van der Waals surface area contributed by atoms with E-state index >= 15 is 0 Å². The summed E-state index contributed by atoms with van der Waals surface area (Å²) >= 11 is 0. The molecule has 1 heterocycles.